The zero-order valence-corrected chi connectivity index (χ0v) is 24.2. The van der Waals surface area contributed by atoms with Crippen LogP contribution in [0.4, 0.5) is 5.69 Å². The van der Waals surface area contributed by atoms with Crippen LogP contribution in [-0.2, 0) is 14.8 Å². The van der Waals surface area contributed by atoms with Crippen molar-refractivity contribution in [2.45, 2.75) is 51.1 Å². The van der Waals surface area contributed by atoms with Crippen molar-refractivity contribution in [2.75, 3.05) is 31.1 Å². The van der Waals surface area contributed by atoms with Gasteiger partial charge in [-0.05, 0) is 65.6 Å². The number of nitrogens with zero attached hydrogens (tertiary/aromatic N) is 2. The first-order valence-corrected chi connectivity index (χ1v) is 15.6. The number of rotatable bonds is 11. The first kappa shape index (κ1) is 30.1. The summed E-state index contributed by atoms with van der Waals surface area (Å²) in [6.07, 6.45) is -1.77. The van der Waals surface area contributed by atoms with Crippen LogP contribution in [0.15, 0.2) is 53.4 Å². The van der Waals surface area contributed by atoms with Crippen LogP contribution in [0.25, 0.3) is 27.3 Å². The standard InChI is InChI=1S/C29H35N3O6S2/c1-3-11-32(12-4-2)22-8-7-19-13-21(6-5-20(19)14-22)27-10-9-23(39-27)15-24(16-30)40(36,37)31-17-26-29(35)28(34)25(33)18-38-26/h5-10,13-15,25-26,28-29,31,33-35H,3-4,11-12,17-18H2,1-2H3/b24-15+/t25-,26+,28+,29+/m0/s1. The molecule has 1 aromatic heterocycles. The maximum atomic E-state index is 12.8. The number of allylic oxidation sites excluding steroid dienone is 1. The van der Waals surface area contributed by atoms with Gasteiger partial charge in [0.05, 0.1) is 12.7 Å². The average molecular weight is 586 g/mol. The van der Waals surface area contributed by atoms with Crippen LogP contribution in [0.5, 0.6) is 0 Å². The van der Waals surface area contributed by atoms with Crippen LogP contribution in [-0.4, -0.2) is 74.4 Å². The highest BCUT2D eigenvalue weighted by Gasteiger charge is 2.38. The summed E-state index contributed by atoms with van der Waals surface area (Å²) < 4.78 is 33.1. The van der Waals surface area contributed by atoms with Gasteiger partial charge in [-0.3, -0.25) is 0 Å². The minimum atomic E-state index is -4.21. The molecule has 214 valence electrons. The molecule has 0 amide bonds. The number of hydrogen-bond donors (Lipinski definition) is 4. The minimum Gasteiger partial charge on any atom is -0.388 e. The Morgan fingerprint density at radius 2 is 1.77 bits per heavy atom. The third kappa shape index (κ3) is 6.90. The van der Waals surface area contributed by atoms with Crippen molar-refractivity contribution in [1.29, 1.82) is 5.26 Å². The van der Waals surface area contributed by atoms with Gasteiger partial charge in [-0.1, -0.05) is 32.0 Å². The summed E-state index contributed by atoms with van der Waals surface area (Å²) in [6, 6.07) is 18.1. The van der Waals surface area contributed by atoms with Crippen LogP contribution in [0.2, 0.25) is 0 Å². The minimum absolute atomic E-state index is 0.240. The van der Waals surface area contributed by atoms with Crippen molar-refractivity contribution in [3.8, 4) is 16.5 Å². The zero-order chi connectivity index (χ0) is 28.9. The molecule has 1 fully saturated rings. The Balaban J connectivity index is 1.49. The van der Waals surface area contributed by atoms with Gasteiger partial charge in [-0.2, -0.15) is 5.26 Å². The molecule has 4 N–H and O–H groups in total. The number of sulfonamides is 1. The number of thiophene rings is 1. The highest BCUT2D eigenvalue weighted by atomic mass is 32.2. The normalized spacial score (nSPS) is 21.9. The second kappa shape index (κ2) is 13.2. The molecule has 2 aromatic carbocycles. The van der Waals surface area contributed by atoms with Crippen LogP contribution in [0, 0.1) is 11.3 Å². The van der Waals surface area contributed by atoms with Gasteiger partial charge < -0.3 is 25.0 Å². The Bertz CT molecular complexity index is 1490. The summed E-state index contributed by atoms with van der Waals surface area (Å²) in [4.78, 5) is 3.44. The molecule has 0 unspecified atom stereocenters. The molecule has 0 saturated carbocycles. The molecule has 40 heavy (non-hydrogen) atoms. The number of aliphatic hydroxyl groups excluding tert-OH is 3. The summed E-state index contributed by atoms with van der Waals surface area (Å²) in [5, 5.41) is 41.2. The van der Waals surface area contributed by atoms with Gasteiger partial charge in [0.25, 0.3) is 10.0 Å². The molecule has 4 atom stereocenters. The van der Waals surface area contributed by atoms with Crippen molar-refractivity contribution >= 4 is 43.9 Å². The molecule has 4 rings (SSSR count). The maximum Gasteiger partial charge on any atom is 0.250 e. The maximum absolute atomic E-state index is 12.8. The van der Waals surface area contributed by atoms with Crippen LogP contribution < -0.4 is 9.62 Å². The molecule has 0 radical (unpaired) electrons. The van der Waals surface area contributed by atoms with Crippen molar-refractivity contribution in [2.24, 2.45) is 0 Å². The zero-order valence-electron chi connectivity index (χ0n) is 22.5. The van der Waals surface area contributed by atoms with E-state index in [1.165, 1.54) is 23.1 Å². The van der Waals surface area contributed by atoms with Gasteiger partial charge in [0.2, 0.25) is 0 Å². The molecule has 0 aliphatic carbocycles. The number of ether oxygens (including phenoxy) is 1. The monoisotopic (exact) mass is 585 g/mol. The lowest BCUT2D eigenvalue weighted by Gasteiger charge is -2.35. The number of hydrogen-bond acceptors (Lipinski definition) is 9. The Kier molecular flexibility index (Phi) is 9.97. The van der Waals surface area contributed by atoms with Gasteiger partial charge in [0, 0.05) is 35.1 Å². The molecule has 1 aliphatic rings. The Morgan fingerprint density at radius 1 is 1.07 bits per heavy atom. The fourth-order valence-electron chi connectivity index (χ4n) is 4.69. The van der Waals surface area contributed by atoms with E-state index >= 15 is 0 Å². The van der Waals surface area contributed by atoms with E-state index in [4.69, 9.17) is 4.74 Å². The average Bonchev–Trinajstić information content (AvgIpc) is 3.42. The summed E-state index contributed by atoms with van der Waals surface area (Å²) >= 11 is 1.37. The smallest absolute Gasteiger partial charge is 0.250 e. The quantitative estimate of drug-likeness (QED) is 0.251. The number of nitriles is 1. The summed E-state index contributed by atoms with van der Waals surface area (Å²) in [5.41, 5.74) is 2.21. The van der Waals surface area contributed by atoms with E-state index in [1.807, 2.05) is 12.1 Å². The van der Waals surface area contributed by atoms with Gasteiger partial charge >= 0.3 is 0 Å². The molecule has 1 aliphatic heterocycles. The van der Waals surface area contributed by atoms with Crippen molar-refractivity contribution in [3.63, 3.8) is 0 Å². The molecule has 11 heteroatoms. The van der Waals surface area contributed by atoms with E-state index in [9.17, 15) is 29.0 Å². The molecule has 3 aromatic rings. The lowest BCUT2D eigenvalue weighted by atomic mass is 10.0. The summed E-state index contributed by atoms with van der Waals surface area (Å²) in [7, 11) is -4.21. The van der Waals surface area contributed by atoms with Crippen molar-refractivity contribution in [1.82, 2.24) is 4.72 Å². The highest BCUT2D eigenvalue weighted by molar-refractivity contribution is 7.93. The van der Waals surface area contributed by atoms with Gasteiger partial charge in [-0.15, -0.1) is 11.3 Å². The summed E-state index contributed by atoms with van der Waals surface area (Å²) in [6.45, 7) is 5.79. The highest BCUT2D eigenvalue weighted by Crippen LogP contribution is 2.33. The Labute approximate surface area is 239 Å². The van der Waals surface area contributed by atoms with E-state index in [0.29, 0.717) is 4.88 Å². The first-order chi connectivity index (χ1) is 19.2. The van der Waals surface area contributed by atoms with E-state index in [0.717, 1.165) is 47.1 Å². The second-order valence-electron chi connectivity index (χ2n) is 9.83. The molecule has 0 spiro atoms. The molecular weight excluding hydrogens is 550 g/mol. The van der Waals surface area contributed by atoms with E-state index in [2.05, 4.69) is 53.8 Å². The first-order valence-electron chi connectivity index (χ1n) is 13.3. The van der Waals surface area contributed by atoms with Crippen LogP contribution in [0.1, 0.15) is 31.6 Å². The van der Waals surface area contributed by atoms with Gasteiger partial charge in [0.1, 0.15) is 24.4 Å². The van der Waals surface area contributed by atoms with E-state index in [-0.39, 0.29) is 13.2 Å². The number of fused-ring (bicyclic) bond motifs is 1. The van der Waals surface area contributed by atoms with Gasteiger partial charge in [-0.25, -0.2) is 13.1 Å². The largest absolute Gasteiger partial charge is 0.388 e. The molecule has 0 bridgehead atoms. The van der Waals surface area contributed by atoms with E-state index < -0.39 is 39.3 Å². The predicted molar refractivity (Wildman–Crippen MR) is 158 cm³/mol. The SMILES string of the molecule is CCCN(CCC)c1ccc2cc(-c3ccc(/C=C(\C#N)S(=O)(=O)NC[C@H]4OC[C@H](O)[C@@H](O)[C@@H]4O)s3)ccc2c1. The lowest BCUT2D eigenvalue weighted by Crippen LogP contribution is -2.56. The fourth-order valence-corrected chi connectivity index (χ4v) is 6.66. The molecular formula is C29H35N3O6S2. The molecule has 2 heterocycles. The third-order valence-electron chi connectivity index (χ3n) is 6.84. The second-order valence-corrected chi connectivity index (χ2v) is 12.7. The van der Waals surface area contributed by atoms with Gasteiger partial charge in [0.15, 0.2) is 4.91 Å². The van der Waals surface area contributed by atoms with Crippen LogP contribution in [0.3, 0.4) is 0 Å². The van der Waals surface area contributed by atoms with Crippen molar-refractivity contribution in [3.05, 3.63) is 58.3 Å². The van der Waals surface area contributed by atoms with Crippen LogP contribution >= 0.6 is 11.3 Å². The Hall–Kier alpha value is -2.82. The summed E-state index contributed by atoms with van der Waals surface area (Å²) in [5.74, 6) is 0. The Morgan fingerprint density at radius 3 is 2.48 bits per heavy atom. The lowest BCUT2D eigenvalue weighted by molar-refractivity contribution is -0.184. The number of aliphatic hydroxyl groups is 3. The number of benzene rings is 2. The van der Waals surface area contributed by atoms with Crippen molar-refractivity contribution < 1.29 is 28.5 Å². The topological polar surface area (TPSA) is 143 Å². The fraction of sp³-hybridized carbons (Fsp3) is 0.414. The predicted octanol–water partition coefficient (Wildman–Crippen LogP) is 3.46. The molecule has 9 nitrogen and oxygen atoms in total. The number of anilines is 1. The number of nitrogens with one attached hydrogen (secondary N) is 1. The molecule has 1 saturated heterocycles. The van der Waals surface area contributed by atoms with E-state index in [1.54, 1.807) is 12.1 Å². The third-order valence-corrected chi connectivity index (χ3v) is 9.26.